The van der Waals surface area contributed by atoms with Crippen molar-refractivity contribution >= 4 is 16.7 Å². The summed E-state index contributed by atoms with van der Waals surface area (Å²) in [6.07, 6.45) is 1.70. The zero-order chi connectivity index (χ0) is 19.7. The van der Waals surface area contributed by atoms with Gasteiger partial charge >= 0.3 is 0 Å². The molecule has 5 heteroatoms. The van der Waals surface area contributed by atoms with Crippen molar-refractivity contribution in [3.63, 3.8) is 0 Å². The fourth-order valence-corrected chi connectivity index (χ4v) is 3.34. The number of aromatic nitrogens is 2. The molecule has 0 amide bonds. The first kappa shape index (κ1) is 17.8. The molecule has 0 saturated heterocycles. The van der Waals surface area contributed by atoms with Gasteiger partial charge in [-0.15, -0.1) is 0 Å². The van der Waals surface area contributed by atoms with Gasteiger partial charge in [0.2, 0.25) is 0 Å². The van der Waals surface area contributed by atoms with E-state index in [9.17, 15) is 10.2 Å². The van der Waals surface area contributed by atoms with Crippen LogP contribution in [0.1, 0.15) is 28.4 Å². The van der Waals surface area contributed by atoms with Gasteiger partial charge in [-0.3, -0.25) is 0 Å². The lowest BCUT2D eigenvalue weighted by molar-refractivity contribution is 0.459. The number of pyridine rings is 2. The summed E-state index contributed by atoms with van der Waals surface area (Å²) in [5.41, 5.74) is 3.66. The fourth-order valence-electron chi connectivity index (χ4n) is 3.34. The third-order valence-electron chi connectivity index (χ3n) is 4.77. The van der Waals surface area contributed by atoms with E-state index < -0.39 is 6.04 Å². The highest BCUT2D eigenvalue weighted by Crippen LogP contribution is 2.39. The second kappa shape index (κ2) is 7.19. The molecule has 4 aromatic rings. The molecule has 0 bridgehead atoms. The van der Waals surface area contributed by atoms with Crippen LogP contribution in [0.25, 0.3) is 10.9 Å². The second-order valence-electron chi connectivity index (χ2n) is 6.88. The number of rotatable bonds is 4. The Morgan fingerprint density at radius 1 is 0.893 bits per heavy atom. The summed E-state index contributed by atoms with van der Waals surface area (Å²) in [5, 5.41) is 25.8. The number of phenolic OH excluding ortho intramolecular Hbond substituents is 2. The molecule has 0 spiro atoms. The van der Waals surface area contributed by atoms with Crippen LogP contribution in [0.2, 0.25) is 0 Å². The van der Waals surface area contributed by atoms with Crippen molar-refractivity contribution in [1.82, 2.24) is 9.97 Å². The average molecular weight is 371 g/mol. The Hall–Kier alpha value is -3.60. The van der Waals surface area contributed by atoms with Crippen LogP contribution in [0.3, 0.4) is 0 Å². The Kier molecular flexibility index (Phi) is 4.57. The molecule has 2 aromatic heterocycles. The lowest BCUT2D eigenvalue weighted by Gasteiger charge is -2.23. The normalized spacial score (nSPS) is 12.1. The molecule has 1 unspecified atom stereocenters. The highest BCUT2D eigenvalue weighted by Gasteiger charge is 2.23. The minimum atomic E-state index is -0.499. The summed E-state index contributed by atoms with van der Waals surface area (Å²) in [4.78, 5) is 8.84. The van der Waals surface area contributed by atoms with Gasteiger partial charge in [0.25, 0.3) is 0 Å². The van der Waals surface area contributed by atoms with E-state index in [1.54, 1.807) is 12.3 Å². The van der Waals surface area contributed by atoms with E-state index in [2.05, 4.69) is 15.3 Å². The van der Waals surface area contributed by atoms with Crippen molar-refractivity contribution < 1.29 is 10.2 Å². The minimum absolute atomic E-state index is 0.0931. The number of phenols is 2. The number of nitrogens with zero attached hydrogens (tertiary/aromatic N) is 2. The SMILES string of the molecule is Cc1ccc(O)c(C(Nc2ccccn2)c2ccc3ccc(C)nc3c2O)c1. The number of benzene rings is 2. The van der Waals surface area contributed by atoms with Crippen LogP contribution in [0.5, 0.6) is 11.5 Å². The quantitative estimate of drug-likeness (QED) is 0.477. The van der Waals surface area contributed by atoms with Crippen molar-refractivity contribution in [2.24, 2.45) is 0 Å². The highest BCUT2D eigenvalue weighted by molar-refractivity contribution is 5.86. The molecule has 140 valence electrons. The van der Waals surface area contributed by atoms with E-state index in [1.807, 2.05) is 68.4 Å². The third kappa shape index (κ3) is 3.34. The second-order valence-corrected chi connectivity index (χ2v) is 6.88. The van der Waals surface area contributed by atoms with Crippen LogP contribution in [-0.4, -0.2) is 20.2 Å². The lowest BCUT2D eigenvalue weighted by atomic mass is 9.94. The third-order valence-corrected chi connectivity index (χ3v) is 4.77. The molecule has 0 radical (unpaired) electrons. The predicted molar refractivity (Wildman–Crippen MR) is 111 cm³/mol. The first-order chi connectivity index (χ1) is 13.5. The summed E-state index contributed by atoms with van der Waals surface area (Å²) in [5.74, 6) is 0.886. The molecule has 28 heavy (non-hydrogen) atoms. The van der Waals surface area contributed by atoms with Crippen LogP contribution in [0, 0.1) is 13.8 Å². The van der Waals surface area contributed by atoms with Gasteiger partial charge in [-0.1, -0.05) is 35.9 Å². The van der Waals surface area contributed by atoms with Crippen molar-refractivity contribution in [3.05, 3.63) is 89.2 Å². The van der Waals surface area contributed by atoms with Gasteiger partial charge in [0.15, 0.2) is 0 Å². The first-order valence-electron chi connectivity index (χ1n) is 9.09. The van der Waals surface area contributed by atoms with Crippen LogP contribution < -0.4 is 5.32 Å². The van der Waals surface area contributed by atoms with Gasteiger partial charge in [0.05, 0.1) is 6.04 Å². The van der Waals surface area contributed by atoms with Gasteiger partial charge in [-0.25, -0.2) is 9.97 Å². The van der Waals surface area contributed by atoms with Gasteiger partial charge in [-0.05, 0) is 44.2 Å². The fraction of sp³-hybridized carbons (Fsp3) is 0.130. The first-order valence-corrected chi connectivity index (χ1v) is 9.09. The largest absolute Gasteiger partial charge is 0.508 e. The van der Waals surface area contributed by atoms with Gasteiger partial charge < -0.3 is 15.5 Å². The topological polar surface area (TPSA) is 78.3 Å². The van der Waals surface area contributed by atoms with E-state index in [4.69, 9.17) is 0 Å². The maximum Gasteiger partial charge on any atom is 0.147 e. The summed E-state index contributed by atoms with van der Waals surface area (Å²) in [7, 11) is 0. The number of hydrogen-bond donors (Lipinski definition) is 3. The Morgan fingerprint density at radius 3 is 2.50 bits per heavy atom. The van der Waals surface area contributed by atoms with Crippen LogP contribution in [-0.2, 0) is 0 Å². The zero-order valence-corrected chi connectivity index (χ0v) is 15.7. The molecule has 2 heterocycles. The van der Waals surface area contributed by atoms with Crippen molar-refractivity contribution in [3.8, 4) is 11.5 Å². The van der Waals surface area contributed by atoms with E-state index in [-0.39, 0.29) is 11.5 Å². The molecule has 0 saturated carbocycles. The Bertz CT molecular complexity index is 1140. The number of anilines is 1. The van der Waals surface area contributed by atoms with Gasteiger partial charge in [0, 0.05) is 28.4 Å². The van der Waals surface area contributed by atoms with Crippen molar-refractivity contribution in [2.45, 2.75) is 19.9 Å². The predicted octanol–water partition coefficient (Wildman–Crippen LogP) is 4.86. The van der Waals surface area contributed by atoms with Crippen LogP contribution in [0.4, 0.5) is 5.82 Å². The molecular weight excluding hydrogens is 350 g/mol. The molecule has 3 N–H and O–H groups in total. The Labute approximate surface area is 163 Å². The summed E-state index contributed by atoms with van der Waals surface area (Å²) >= 11 is 0. The molecule has 0 aliphatic heterocycles. The summed E-state index contributed by atoms with van der Waals surface area (Å²) in [6, 6.07) is 18.1. The maximum atomic E-state index is 11.0. The molecule has 4 rings (SSSR count). The average Bonchev–Trinajstić information content (AvgIpc) is 2.70. The van der Waals surface area contributed by atoms with Gasteiger partial charge in [-0.2, -0.15) is 0 Å². The zero-order valence-electron chi connectivity index (χ0n) is 15.7. The van der Waals surface area contributed by atoms with Crippen LogP contribution >= 0.6 is 0 Å². The Balaban J connectivity index is 1.91. The monoisotopic (exact) mass is 371 g/mol. The number of aromatic hydroxyl groups is 2. The molecule has 0 aliphatic rings. The molecule has 5 nitrogen and oxygen atoms in total. The number of nitrogens with one attached hydrogen (secondary N) is 1. The maximum absolute atomic E-state index is 11.0. The molecular formula is C23H21N3O2. The van der Waals surface area contributed by atoms with E-state index in [1.165, 1.54) is 0 Å². The van der Waals surface area contributed by atoms with Crippen molar-refractivity contribution in [1.29, 1.82) is 0 Å². The van der Waals surface area contributed by atoms with Crippen LogP contribution in [0.15, 0.2) is 66.9 Å². The Morgan fingerprint density at radius 2 is 1.71 bits per heavy atom. The molecule has 2 aromatic carbocycles. The number of fused-ring (bicyclic) bond motifs is 1. The standard InChI is InChI=1S/C23H21N3O2/c1-14-6-11-19(27)18(13-14)22(26-20-5-3-4-12-24-20)17-10-9-16-8-7-15(2)25-21(16)23(17)28/h3-13,22,27-28H,1-2H3,(H,24,26). The lowest BCUT2D eigenvalue weighted by Crippen LogP contribution is -2.14. The van der Waals surface area contributed by atoms with Crippen molar-refractivity contribution in [2.75, 3.05) is 5.32 Å². The summed E-state index contributed by atoms with van der Waals surface area (Å²) in [6.45, 7) is 3.85. The number of aryl methyl sites for hydroxylation is 2. The number of hydrogen-bond acceptors (Lipinski definition) is 5. The highest BCUT2D eigenvalue weighted by atomic mass is 16.3. The minimum Gasteiger partial charge on any atom is -0.508 e. The van der Waals surface area contributed by atoms with E-state index >= 15 is 0 Å². The molecule has 0 aliphatic carbocycles. The van der Waals surface area contributed by atoms with E-state index in [0.717, 1.165) is 16.6 Å². The summed E-state index contributed by atoms with van der Waals surface area (Å²) < 4.78 is 0. The smallest absolute Gasteiger partial charge is 0.147 e. The molecule has 0 fully saturated rings. The molecule has 1 atom stereocenters. The van der Waals surface area contributed by atoms with E-state index in [0.29, 0.717) is 22.5 Å². The van der Waals surface area contributed by atoms with Gasteiger partial charge in [0.1, 0.15) is 22.8 Å².